The molecular formula is C13H19NO7. The zero-order valence-electron chi connectivity index (χ0n) is 11.1. The van der Waals surface area contributed by atoms with Crippen molar-refractivity contribution in [2.75, 3.05) is 6.61 Å². The van der Waals surface area contributed by atoms with Crippen molar-refractivity contribution >= 4 is 5.91 Å². The molecule has 7 N–H and O–H groups in total. The number of phenols is 1. The normalized spacial score (nSPS) is 16.8. The minimum absolute atomic E-state index is 0.0432. The summed E-state index contributed by atoms with van der Waals surface area (Å²) in [6, 6.07) is 5.97. The van der Waals surface area contributed by atoms with Crippen LogP contribution in [0.3, 0.4) is 0 Å². The van der Waals surface area contributed by atoms with Crippen molar-refractivity contribution < 1.29 is 35.4 Å². The molecule has 8 nitrogen and oxygen atoms in total. The van der Waals surface area contributed by atoms with E-state index in [-0.39, 0.29) is 12.3 Å². The number of benzene rings is 1. The molecule has 0 bridgehead atoms. The van der Waals surface area contributed by atoms with Crippen molar-refractivity contribution in [3.63, 3.8) is 0 Å². The molecule has 118 valence electrons. The van der Waals surface area contributed by atoms with E-state index in [1.54, 1.807) is 12.1 Å². The highest BCUT2D eigenvalue weighted by Crippen LogP contribution is 2.10. The SMILES string of the molecule is O=C(NCc1ccc(O)cc1)C(O)C(O)C(O)C(O)CO. The summed E-state index contributed by atoms with van der Waals surface area (Å²) in [5, 5.41) is 57.7. The molecule has 21 heavy (non-hydrogen) atoms. The number of hydrogen-bond donors (Lipinski definition) is 7. The van der Waals surface area contributed by atoms with E-state index >= 15 is 0 Å². The van der Waals surface area contributed by atoms with Crippen LogP contribution in [0.4, 0.5) is 0 Å². The second kappa shape index (κ2) is 7.91. The highest BCUT2D eigenvalue weighted by molar-refractivity contribution is 5.81. The third kappa shape index (κ3) is 4.96. The second-order valence-electron chi connectivity index (χ2n) is 4.56. The topological polar surface area (TPSA) is 150 Å². The Morgan fingerprint density at radius 3 is 2.14 bits per heavy atom. The molecule has 0 aliphatic rings. The van der Waals surface area contributed by atoms with Gasteiger partial charge in [-0.25, -0.2) is 0 Å². The molecule has 0 fully saturated rings. The Morgan fingerprint density at radius 1 is 1.05 bits per heavy atom. The Labute approximate surface area is 120 Å². The van der Waals surface area contributed by atoms with E-state index < -0.39 is 36.9 Å². The summed E-state index contributed by atoms with van der Waals surface area (Å²) < 4.78 is 0. The van der Waals surface area contributed by atoms with Gasteiger partial charge in [0.25, 0.3) is 5.91 Å². The maximum absolute atomic E-state index is 11.6. The fourth-order valence-corrected chi connectivity index (χ4v) is 1.59. The number of carbonyl (C=O) groups is 1. The molecule has 1 rings (SSSR count). The number of rotatable bonds is 7. The minimum Gasteiger partial charge on any atom is -0.508 e. The number of hydrogen-bond acceptors (Lipinski definition) is 7. The Kier molecular flexibility index (Phi) is 6.53. The molecule has 0 saturated heterocycles. The maximum Gasteiger partial charge on any atom is 0.251 e. The maximum atomic E-state index is 11.6. The van der Waals surface area contributed by atoms with Gasteiger partial charge in [-0.05, 0) is 17.7 Å². The third-order valence-electron chi connectivity index (χ3n) is 2.93. The van der Waals surface area contributed by atoms with Crippen molar-refractivity contribution in [1.29, 1.82) is 0 Å². The predicted octanol–water partition coefficient (Wildman–Crippen LogP) is -2.56. The van der Waals surface area contributed by atoms with E-state index in [2.05, 4.69) is 5.32 Å². The van der Waals surface area contributed by atoms with Crippen LogP contribution in [0.1, 0.15) is 5.56 Å². The van der Waals surface area contributed by atoms with Gasteiger partial charge in [0.15, 0.2) is 6.10 Å². The van der Waals surface area contributed by atoms with E-state index in [1.807, 2.05) is 0 Å². The zero-order valence-corrected chi connectivity index (χ0v) is 11.1. The molecular weight excluding hydrogens is 282 g/mol. The molecule has 0 saturated carbocycles. The molecule has 1 amide bonds. The molecule has 0 aliphatic carbocycles. The first kappa shape index (κ1) is 17.3. The van der Waals surface area contributed by atoms with Crippen LogP contribution in [-0.2, 0) is 11.3 Å². The predicted molar refractivity (Wildman–Crippen MR) is 71.1 cm³/mol. The largest absolute Gasteiger partial charge is 0.508 e. The van der Waals surface area contributed by atoms with Crippen LogP contribution in [0, 0.1) is 0 Å². The van der Waals surface area contributed by atoms with Crippen molar-refractivity contribution in [2.45, 2.75) is 31.0 Å². The summed E-state index contributed by atoms with van der Waals surface area (Å²) in [7, 11) is 0. The van der Waals surface area contributed by atoms with Gasteiger partial charge in [-0.15, -0.1) is 0 Å². The number of aromatic hydroxyl groups is 1. The number of nitrogens with one attached hydrogen (secondary N) is 1. The van der Waals surface area contributed by atoms with E-state index in [9.17, 15) is 20.1 Å². The summed E-state index contributed by atoms with van der Waals surface area (Å²) in [4.78, 5) is 11.6. The van der Waals surface area contributed by atoms with Crippen LogP contribution in [0.25, 0.3) is 0 Å². The smallest absolute Gasteiger partial charge is 0.251 e. The van der Waals surface area contributed by atoms with E-state index in [0.29, 0.717) is 5.56 Å². The molecule has 0 spiro atoms. The van der Waals surface area contributed by atoms with Gasteiger partial charge < -0.3 is 36.0 Å². The van der Waals surface area contributed by atoms with Gasteiger partial charge in [-0.2, -0.15) is 0 Å². The fourth-order valence-electron chi connectivity index (χ4n) is 1.59. The lowest BCUT2D eigenvalue weighted by atomic mass is 10.0. The number of aliphatic hydroxyl groups excluding tert-OH is 5. The first-order valence-electron chi connectivity index (χ1n) is 6.25. The van der Waals surface area contributed by atoms with Crippen LogP contribution < -0.4 is 5.32 Å². The van der Waals surface area contributed by atoms with Crippen LogP contribution in [-0.4, -0.2) is 67.6 Å². The highest BCUT2D eigenvalue weighted by atomic mass is 16.4. The molecule has 0 aliphatic heterocycles. The Morgan fingerprint density at radius 2 is 1.62 bits per heavy atom. The molecule has 4 atom stereocenters. The minimum atomic E-state index is -1.96. The molecule has 0 heterocycles. The Bertz CT molecular complexity index is 450. The standard InChI is InChI=1S/C13H19NO7/c15-6-9(17)10(18)11(19)12(20)13(21)14-5-7-1-3-8(16)4-2-7/h1-4,9-12,15-20H,5-6H2,(H,14,21). The van der Waals surface area contributed by atoms with E-state index in [0.717, 1.165) is 0 Å². The van der Waals surface area contributed by atoms with Gasteiger partial charge in [0.2, 0.25) is 0 Å². The molecule has 8 heteroatoms. The lowest BCUT2D eigenvalue weighted by molar-refractivity contribution is -0.149. The summed E-state index contributed by atoms with van der Waals surface area (Å²) >= 11 is 0. The molecule has 1 aromatic rings. The first-order chi connectivity index (χ1) is 9.86. The quantitative estimate of drug-likeness (QED) is 0.293. The Balaban J connectivity index is 2.52. The highest BCUT2D eigenvalue weighted by Gasteiger charge is 2.33. The van der Waals surface area contributed by atoms with Gasteiger partial charge in [0, 0.05) is 6.54 Å². The molecule has 0 aromatic heterocycles. The average molecular weight is 301 g/mol. The van der Waals surface area contributed by atoms with Gasteiger partial charge in [-0.1, -0.05) is 12.1 Å². The lowest BCUT2D eigenvalue weighted by Gasteiger charge is -2.24. The number of phenolic OH excluding ortho intramolecular Hbond substituents is 1. The summed E-state index contributed by atoms with van der Waals surface area (Å²) in [5.41, 5.74) is 0.652. The van der Waals surface area contributed by atoms with Crippen LogP contribution in [0.2, 0.25) is 0 Å². The fraction of sp³-hybridized carbons (Fsp3) is 0.462. The number of carbonyl (C=O) groups excluding carboxylic acids is 1. The van der Waals surface area contributed by atoms with Crippen molar-refractivity contribution in [2.24, 2.45) is 0 Å². The number of aliphatic hydroxyl groups is 5. The lowest BCUT2D eigenvalue weighted by Crippen LogP contribution is -2.51. The number of amides is 1. The zero-order chi connectivity index (χ0) is 16.0. The van der Waals surface area contributed by atoms with Crippen molar-refractivity contribution in [1.82, 2.24) is 5.32 Å². The monoisotopic (exact) mass is 301 g/mol. The molecule has 4 unspecified atom stereocenters. The van der Waals surface area contributed by atoms with Gasteiger partial charge in [0.1, 0.15) is 24.1 Å². The summed E-state index contributed by atoms with van der Waals surface area (Å²) in [6.45, 7) is -0.776. The molecule has 0 radical (unpaired) electrons. The van der Waals surface area contributed by atoms with Gasteiger partial charge in [0.05, 0.1) is 6.61 Å². The average Bonchev–Trinajstić information content (AvgIpc) is 2.50. The van der Waals surface area contributed by atoms with E-state index in [4.69, 9.17) is 15.3 Å². The van der Waals surface area contributed by atoms with Crippen molar-refractivity contribution in [3.8, 4) is 5.75 Å². The second-order valence-corrected chi connectivity index (χ2v) is 4.56. The van der Waals surface area contributed by atoms with Gasteiger partial charge >= 0.3 is 0 Å². The third-order valence-corrected chi connectivity index (χ3v) is 2.93. The molecule has 1 aromatic carbocycles. The van der Waals surface area contributed by atoms with Crippen LogP contribution in [0.15, 0.2) is 24.3 Å². The Hall–Kier alpha value is -1.71. The van der Waals surface area contributed by atoms with Crippen LogP contribution in [0.5, 0.6) is 5.75 Å². The summed E-state index contributed by atoms with van der Waals surface area (Å²) in [5.74, 6) is -0.874. The van der Waals surface area contributed by atoms with Crippen LogP contribution >= 0.6 is 0 Å². The van der Waals surface area contributed by atoms with E-state index in [1.165, 1.54) is 12.1 Å². The van der Waals surface area contributed by atoms with Gasteiger partial charge in [-0.3, -0.25) is 4.79 Å². The van der Waals surface area contributed by atoms with Crippen molar-refractivity contribution in [3.05, 3.63) is 29.8 Å². The summed E-state index contributed by atoms with van der Waals surface area (Å²) in [6.07, 6.45) is -7.42. The first-order valence-corrected chi connectivity index (χ1v) is 6.25.